The Labute approximate surface area is 150 Å². The first-order chi connectivity index (χ1) is 12.1. The molecule has 6 heteroatoms. The van der Waals surface area contributed by atoms with Crippen LogP contribution >= 0.6 is 11.6 Å². The maximum Gasteiger partial charge on any atom is 0.255 e. The average molecular weight is 356 g/mol. The molecule has 3 heterocycles. The number of nitrogens with zero attached hydrogens (tertiary/aromatic N) is 3. The van der Waals surface area contributed by atoms with Crippen molar-refractivity contribution in [2.45, 2.75) is 25.7 Å². The predicted molar refractivity (Wildman–Crippen MR) is 95.9 cm³/mol. The van der Waals surface area contributed by atoms with E-state index in [0.29, 0.717) is 28.8 Å². The number of likely N-dealkylation sites (tertiary alicyclic amines) is 1. The van der Waals surface area contributed by atoms with E-state index in [2.05, 4.69) is 9.97 Å². The lowest BCUT2D eigenvalue weighted by Crippen LogP contribution is -2.39. The van der Waals surface area contributed by atoms with Gasteiger partial charge in [-0.05, 0) is 44.0 Å². The first kappa shape index (κ1) is 16.1. The van der Waals surface area contributed by atoms with Crippen molar-refractivity contribution in [2.75, 3.05) is 13.1 Å². The molecule has 1 amide bonds. The van der Waals surface area contributed by atoms with Gasteiger partial charge in [-0.3, -0.25) is 4.79 Å². The summed E-state index contributed by atoms with van der Waals surface area (Å²) in [6, 6.07) is 11.1. The predicted octanol–water partition coefficient (Wildman–Crippen LogP) is 4.20. The van der Waals surface area contributed by atoms with Gasteiger partial charge in [0.05, 0.1) is 17.2 Å². The second kappa shape index (κ2) is 6.48. The molecule has 0 bridgehead atoms. The molecule has 1 saturated heterocycles. The first-order valence-corrected chi connectivity index (χ1v) is 8.77. The van der Waals surface area contributed by atoms with Crippen LogP contribution in [0.4, 0.5) is 0 Å². The number of benzene rings is 1. The third kappa shape index (κ3) is 3.12. The zero-order valence-electron chi connectivity index (χ0n) is 13.9. The number of piperidine rings is 1. The van der Waals surface area contributed by atoms with E-state index in [-0.39, 0.29) is 11.8 Å². The molecular formula is C19H18ClN3O2. The van der Waals surface area contributed by atoms with E-state index in [0.717, 1.165) is 30.5 Å². The number of pyridine rings is 1. The molecule has 3 aromatic rings. The van der Waals surface area contributed by atoms with Crippen molar-refractivity contribution in [3.8, 4) is 0 Å². The monoisotopic (exact) mass is 355 g/mol. The van der Waals surface area contributed by atoms with Crippen LogP contribution in [0.5, 0.6) is 0 Å². The summed E-state index contributed by atoms with van der Waals surface area (Å²) in [6.45, 7) is 3.15. The SMILES string of the molecule is Cc1nc(Cl)ccc1C(=O)N1CCC[C@H](c2nc3ccccc3o2)C1. The summed E-state index contributed by atoms with van der Waals surface area (Å²) in [5.74, 6) is 0.817. The van der Waals surface area contributed by atoms with Gasteiger partial charge in [-0.2, -0.15) is 0 Å². The Morgan fingerprint density at radius 2 is 2.08 bits per heavy atom. The lowest BCUT2D eigenvalue weighted by atomic mass is 9.97. The smallest absolute Gasteiger partial charge is 0.255 e. The largest absolute Gasteiger partial charge is 0.440 e. The number of amides is 1. The van der Waals surface area contributed by atoms with Crippen LogP contribution in [0.1, 0.15) is 40.7 Å². The van der Waals surface area contributed by atoms with Gasteiger partial charge in [0.15, 0.2) is 11.5 Å². The number of fused-ring (bicyclic) bond motifs is 1. The second-order valence-corrected chi connectivity index (χ2v) is 6.76. The highest BCUT2D eigenvalue weighted by Crippen LogP contribution is 2.30. The molecule has 1 aliphatic heterocycles. The quantitative estimate of drug-likeness (QED) is 0.646. The number of rotatable bonds is 2. The summed E-state index contributed by atoms with van der Waals surface area (Å²) in [4.78, 5) is 23.5. The number of carbonyl (C=O) groups is 1. The minimum atomic E-state index is -0.0116. The fraction of sp³-hybridized carbons (Fsp3) is 0.316. The molecule has 1 atom stereocenters. The molecule has 1 aromatic carbocycles. The fourth-order valence-corrected chi connectivity index (χ4v) is 3.54. The number of para-hydroxylation sites is 2. The highest BCUT2D eigenvalue weighted by atomic mass is 35.5. The molecule has 0 unspecified atom stereocenters. The minimum absolute atomic E-state index is 0.0116. The fourth-order valence-electron chi connectivity index (χ4n) is 3.35. The second-order valence-electron chi connectivity index (χ2n) is 6.38. The van der Waals surface area contributed by atoms with Gasteiger partial charge in [-0.1, -0.05) is 23.7 Å². The van der Waals surface area contributed by atoms with E-state index < -0.39 is 0 Å². The Kier molecular flexibility index (Phi) is 4.17. The Morgan fingerprint density at radius 1 is 1.24 bits per heavy atom. The molecule has 2 aromatic heterocycles. The molecule has 0 spiro atoms. The Bertz CT molecular complexity index is 904. The molecule has 0 radical (unpaired) electrons. The zero-order valence-corrected chi connectivity index (χ0v) is 14.7. The maximum absolute atomic E-state index is 12.9. The van der Waals surface area contributed by atoms with Crippen molar-refractivity contribution in [1.82, 2.24) is 14.9 Å². The van der Waals surface area contributed by atoms with Crippen LogP contribution in [-0.4, -0.2) is 33.9 Å². The van der Waals surface area contributed by atoms with E-state index in [4.69, 9.17) is 16.0 Å². The van der Waals surface area contributed by atoms with E-state index in [9.17, 15) is 4.79 Å². The number of aromatic nitrogens is 2. The number of halogens is 1. The van der Waals surface area contributed by atoms with E-state index in [1.165, 1.54) is 0 Å². The van der Waals surface area contributed by atoms with Crippen LogP contribution in [0.25, 0.3) is 11.1 Å². The van der Waals surface area contributed by atoms with Gasteiger partial charge in [0.25, 0.3) is 5.91 Å². The van der Waals surface area contributed by atoms with Gasteiger partial charge in [0.1, 0.15) is 10.7 Å². The molecule has 25 heavy (non-hydrogen) atoms. The highest BCUT2D eigenvalue weighted by molar-refractivity contribution is 6.29. The number of aryl methyl sites for hydroxylation is 1. The molecular weight excluding hydrogens is 338 g/mol. The normalized spacial score (nSPS) is 17.8. The Hall–Kier alpha value is -2.40. The average Bonchev–Trinajstić information content (AvgIpc) is 3.05. The molecule has 0 saturated carbocycles. The Balaban J connectivity index is 1.57. The molecule has 1 aliphatic rings. The molecule has 5 nitrogen and oxygen atoms in total. The van der Waals surface area contributed by atoms with Gasteiger partial charge in [0, 0.05) is 13.1 Å². The number of carbonyl (C=O) groups excluding carboxylic acids is 1. The van der Waals surface area contributed by atoms with Crippen LogP contribution in [0.15, 0.2) is 40.8 Å². The van der Waals surface area contributed by atoms with Crippen LogP contribution in [0.3, 0.4) is 0 Å². The van der Waals surface area contributed by atoms with Crippen LogP contribution in [0, 0.1) is 6.92 Å². The number of oxazole rings is 1. The van der Waals surface area contributed by atoms with E-state index in [1.54, 1.807) is 19.1 Å². The van der Waals surface area contributed by atoms with Gasteiger partial charge >= 0.3 is 0 Å². The lowest BCUT2D eigenvalue weighted by molar-refractivity contribution is 0.0697. The number of hydrogen-bond acceptors (Lipinski definition) is 4. The third-order valence-corrected chi connectivity index (χ3v) is 4.86. The van der Waals surface area contributed by atoms with Gasteiger partial charge in [0.2, 0.25) is 0 Å². The maximum atomic E-state index is 12.9. The molecule has 4 rings (SSSR count). The summed E-state index contributed by atoms with van der Waals surface area (Å²) >= 11 is 5.89. The summed E-state index contributed by atoms with van der Waals surface area (Å²) in [5.41, 5.74) is 2.90. The molecule has 0 aliphatic carbocycles. The lowest BCUT2D eigenvalue weighted by Gasteiger charge is -2.31. The molecule has 128 valence electrons. The van der Waals surface area contributed by atoms with Crippen LogP contribution in [-0.2, 0) is 0 Å². The summed E-state index contributed by atoms with van der Waals surface area (Å²) in [7, 11) is 0. The Morgan fingerprint density at radius 3 is 2.88 bits per heavy atom. The van der Waals surface area contributed by atoms with Gasteiger partial charge in [-0.25, -0.2) is 9.97 Å². The van der Waals surface area contributed by atoms with Crippen molar-refractivity contribution in [3.05, 3.63) is 58.7 Å². The van der Waals surface area contributed by atoms with Crippen molar-refractivity contribution in [2.24, 2.45) is 0 Å². The van der Waals surface area contributed by atoms with E-state index in [1.807, 2.05) is 29.2 Å². The summed E-state index contributed by atoms with van der Waals surface area (Å²) in [6.07, 6.45) is 1.89. The zero-order chi connectivity index (χ0) is 17.4. The van der Waals surface area contributed by atoms with Crippen molar-refractivity contribution in [3.63, 3.8) is 0 Å². The van der Waals surface area contributed by atoms with E-state index >= 15 is 0 Å². The van der Waals surface area contributed by atoms with Crippen LogP contribution in [0.2, 0.25) is 5.15 Å². The first-order valence-electron chi connectivity index (χ1n) is 8.40. The highest BCUT2D eigenvalue weighted by Gasteiger charge is 2.29. The molecule has 0 N–H and O–H groups in total. The standard InChI is InChI=1S/C19H18ClN3O2/c1-12-14(8-9-17(20)21-12)19(24)23-10-4-5-13(11-23)18-22-15-6-2-3-7-16(15)25-18/h2-3,6-9,13H,4-5,10-11H2,1H3/t13-/m0/s1. The van der Waals surface area contributed by atoms with Crippen molar-refractivity contribution in [1.29, 1.82) is 0 Å². The number of hydrogen-bond donors (Lipinski definition) is 0. The molecule has 1 fully saturated rings. The minimum Gasteiger partial charge on any atom is -0.440 e. The van der Waals surface area contributed by atoms with Gasteiger partial charge in [-0.15, -0.1) is 0 Å². The van der Waals surface area contributed by atoms with Gasteiger partial charge < -0.3 is 9.32 Å². The summed E-state index contributed by atoms with van der Waals surface area (Å²) < 4.78 is 5.90. The van der Waals surface area contributed by atoms with Crippen LogP contribution < -0.4 is 0 Å². The van der Waals surface area contributed by atoms with Crippen molar-refractivity contribution < 1.29 is 9.21 Å². The topological polar surface area (TPSA) is 59.2 Å². The van der Waals surface area contributed by atoms with Crippen molar-refractivity contribution >= 4 is 28.6 Å². The summed E-state index contributed by atoms with van der Waals surface area (Å²) in [5, 5.41) is 0.400. The third-order valence-electron chi connectivity index (χ3n) is 4.65.